The molecule has 0 amide bonds. The molecule has 9 heteroatoms. The maximum atomic E-state index is 13.0. The zero-order chi connectivity index (χ0) is 24.1. The monoisotopic (exact) mass is 476 g/mol. The lowest BCUT2D eigenvalue weighted by atomic mass is 10.1. The highest BCUT2D eigenvalue weighted by Gasteiger charge is 2.35. The molecule has 3 aromatic rings. The number of ether oxygens (including phenoxy) is 1. The Morgan fingerprint density at radius 2 is 1.88 bits per heavy atom. The molecule has 2 unspecified atom stereocenters. The molecule has 0 aromatic heterocycles. The topological polar surface area (TPSA) is 104 Å². The normalized spacial score (nSPS) is 17.6. The zero-order valence-electron chi connectivity index (χ0n) is 18.5. The molecule has 0 radical (unpaired) electrons. The molecule has 3 N–H and O–H groups in total. The second-order valence-electron chi connectivity index (χ2n) is 7.83. The molecule has 4 rings (SSSR count). The van der Waals surface area contributed by atoms with E-state index in [-0.39, 0.29) is 10.9 Å². The average molecular weight is 477 g/mol. The van der Waals surface area contributed by atoms with Gasteiger partial charge in [-0.15, -0.1) is 4.95 Å². The Morgan fingerprint density at radius 1 is 1.15 bits per heavy atom. The number of rotatable bonds is 6. The quantitative estimate of drug-likeness (QED) is 0.217. The molecule has 3 aromatic carbocycles. The Hall–Kier alpha value is -3.71. The van der Waals surface area contributed by atoms with Gasteiger partial charge in [0.2, 0.25) is 10.0 Å². The standard InChI is InChI=1S/C25H24N4O4S/c1-3-17-9-13-21(14-10-17)34(31,32)29-24-22-16-19(12-11-18(22)15-23(24)30)27-25(28-26-2)33-20-7-5-4-6-8-20/h4-14,16,23-24,29-30H,3,15H2,1H3,(H,27,28). The number of fused-ring (bicyclic) bond motifs is 1. The van der Waals surface area contributed by atoms with Crippen molar-refractivity contribution < 1.29 is 18.3 Å². The van der Waals surface area contributed by atoms with Gasteiger partial charge in [-0.05, 0) is 59.5 Å². The maximum absolute atomic E-state index is 13.0. The van der Waals surface area contributed by atoms with Crippen LogP contribution in [0.15, 0.2) is 82.8 Å². The van der Waals surface area contributed by atoms with Crippen LogP contribution in [0.4, 0.5) is 5.69 Å². The molecule has 0 bridgehead atoms. The van der Waals surface area contributed by atoms with Gasteiger partial charge in [0.05, 0.1) is 17.0 Å². The van der Waals surface area contributed by atoms with Crippen molar-refractivity contribution in [2.24, 2.45) is 5.10 Å². The molecule has 174 valence electrons. The Morgan fingerprint density at radius 3 is 2.56 bits per heavy atom. The molecule has 1 aliphatic carbocycles. The molecular formula is C25H24N4O4S. The van der Waals surface area contributed by atoms with Gasteiger partial charge in [-0.1, -0.05) is 43.3 Å². The van der Waals surface area contributed by atoms with E-state index in [1.54, 1.807) is 60.7 Å². The number of nitrogens with one attached hydrogen (secondary N) is 2. The van der Waals surface area contributed by atoms with Crippen molar-refractivity contribution >= 4 is 21.7 Å². The van der Waals surface area contributed by atoms with Crippen LogP contribution in [0.25, 0.3) is 4.95 Å². The van der Waals surface area contributed by atoms with E-state index in [1.807, 2.05) is 19.1 Å². The first kappa shape index (κ1) is 23.4. The summed E-state index contributed by atoms with van der Waals surface area (Å²) in [6, 6.07) is 20.1. The SMILES string of the molecule is [C-]#[N+]/N=C(/Nc1ccc2c(c1)C(NS(=O)(=O)c1ccc(CC)cc1)C(O)C2)Oc1ccccc1. The van der Waals surface area contributed by atoms with Gasteiger partial charge in [-0.2, -0.15) is 6.57 Å². The summed E-state index contributed by atoms with van der Waals surface area (Å²) in [6.07, 6.45) is 0.221. The number of nitrogens with zero attached hydrogens (tertiary/aromatic N) is 2. The van der Waals surface area contributed by atoms with Crippen molar-refractivity contribution in [3.63, 3.8) is 0 Å². The number of aliphatic hydroxyl groups excluding tert-OH is 1. The van der Waals surface area contributed by atoms with E-state index in [1.165, 1.54) is 0 Å². The van der Waals surface area contributed by atoms with Crippen LogP contribution in [0.1, 0.15) is 29.7 Å². The third-order valence-corrected chi connectivity index (χ3v) is 7.03. The van der Waals surface area contributed by atoms with Crippen molar-refractivity contribution in [3.8, 4) is 5.75 Å². The second-order valence-corrected chi connectivity index (χ2v) is 9.54. The average Bonchev–Trinajstić information content (AvgIpc) is 3.14. The van der Waals surface area contributed by atoms with Gasteiger partial charge in [0, 0.05) is 12.1 Å². The van der Waals surface area contributed by atoms with Crippen molar-refractivity contribution in [1.29, 1.82) is 0 Å². The number of hydrogen-bond acceptors (Lipinski definition) is 5. The minimum atomic E-state index is -3.85. The van der Waals surface area contributed by atoms with Gasteiger partial charge >= 0.3 is 6.02 Å². The minimum absolute atomic E-state index is 0.0205. The number of aryl methyl sites for hydroxylation is 1. The molecule has 0 heterocycles. The Kier molecular flexibility index (Phi) is 6.93. The molecule has 8 nitrogen and oxygen atoms in total. The van der Waals surface area contributed by atoms with Crippen LogP contribution < -0.4 is 14.8 Å². The van der Waals surface area contributed by atoms with Gasteiger partial charge in [0.15, 0.2) is 0 Å². The van der Waals surface area contributed by atoms with E-state index in [2.05, 4.69) is 20.1 Å². The first-order chi connectivity index (χ1) is 16.4. The molecule has 0 aliphatic heterocycles. The summed E-state index contributed by atoms with van der Waals surface area (Å²) in [7, 11) is -3.85. The third kappa shape index (κ3) is 5.26. The largest absolute Gasteiger partial charge is 0.421 e. The fourth-order valence-corrected chi connectivity index (χ4v) is 5.07. The number of hydrogen-bond donors (Lipinski definition) is 3. The Bertz CT molecular complexity index is 1330. The maximum Gasteiger partial charge on any atom is 0.378 e. The smallest absolute Gasteiger partial charge is 0.378 e. The highest BCUT2D eigenvalue weighted by molar-refractivity contribution is 7.89. The number of aliphatic hydroxyl groups is 1. The molecule has 2 atom stereocenters. The van der Waals surface area contributed by atoms with Crippen molar-refractivity contribution in [1.82, 2.24) is 4.72 Å². The Balaban J connectivity index is 1.56. The fraction of sp³-hybridized carbons (Fsp3) is 0.200. The molecule has 0 saturated heterocycles. The predicted molar refractivity (Wildman–Crippen MR) is 130 cm³/mol. The second kappa shape index (κ2) is 10.1. The molecule has 0 fully saturated rings. The summed E-state index contributed by atoms with van der Waals surface area (Å²) in [5, 5.41) is 17.2. The zero-order valence-corrected chi connectivity index (χ0v) is 19.3. The van der Waals surface area contributed by atoms with Gasteiger partial charge in [0.1, 0.15) is 10.9 Å². The van der Waals surface area contributed by atoms with E-state index in [0.29, 0.717) is 23.4 Å². The van der Waals surface area contributed by atoms with Crippen LogP contribution in [-0.4, -0.2) is 25.6 Å². The first-order valence-corrected chi connectivity index (χ1v) is 12.2. The highest BCUT2D eigenvalue weighted by atomic mass is 32.2. The molecule has 1 aliphatic rings. The molecular weight excluding hydrogens is 452 g/mol. The van der Waals surface area contributed by atoms with Crippen molar-refractivity contribution in [3.05, 3.63) is 101 Å². The molecule has 0 spiro atoms. The summed E-state index contributed by atoms with van der Waals surface area (Å²) >= 11 is 0. The van der Waals surface area contributed by atoms with Crippen LogP contribution in [0, 0.1) is 6.57 Å². The number of para-hydroxylation sites is 1. The summed E-state index contributed by atoms with van der Waals surface area (Å²) < 4.78 is 34.3. The summed E-state index contributed by atoms with van der Waals surface area (Å²) in [4.78, 5) is 3.18. The lowest BCUT2D eigenvalue weighted by Crippen LogP contribution is -2.34. The summed E-state index contributed by atoms with van der Waals surface area (Å²) in [5.74, 6) is 0.508. The van der Waals surface area contributed by atoms with Crippen molar-refractivity contribution in [2.75, 3.05) is 5.32 Å². The van der Waals surface area contributed by atoms with Crippen LogP contribution in [0.5, 0.6) is 5.75 Å². The van der Waals surface area contributed by atoms with Gasteiger partial charge in [-0.25, -0.2) is 13.1 Å². The van der Waals surface area contributed by atoms with Crippen LogP contribution in [0.3, 0.4) is 0 Å². The first-order valence-electron chi connectivity index (χ1n) is 10.8. The fourth-order valence-electron chi connectivity index (χ4n) is 3.82. The van der Waals surface area contributed by atoms with Gasteiger partial charge < -0.3 is 15.2 Å². The van der Waals surface area contributed by atoms with Crippen LogP contribution in [-0.2, 0) is 22.9 Å². The van der Waals surface area contributed by atoms with Crippen LogP contribution in [0.2, 0.25) is 0 Å². The highest BCUT2D eigenvalue weighted by Crippen LogP contribution is 2.35. The van der Waals surface area contributed by atoms with E-state index in [4.69, 9.17) is 11.3 Å². The number of benzene rings is 3. The molecule has 0 saturated carbocycles. The number of amidine groups is 1. The van der Waals surface area contributed by atoms with Gasteiger partial charge in [-0.3, -0.25) is 0 Å². The van der Waals surface area contributed by atoms with Gasteiger partial charge in [0.25, 0.3) is 0 Å². The minimum Gasteiger partial charge on any atom is -0.421 e. The van der Waals surface area contributed by atoms with E-state index in [0.717, 1.165) is 17.5 Å². The molecule has 34 heavy (non-hydrogen) atoms. The van der Waals surface area contributed by atoms with E-state index in [9.17, 15) is 13.5 Å². The lowest BCUT2D eigenvalue weighted by Gasteiger charge is -2.19. The Labute approximate surface area is 198 Å². The summed E-state index contributed by atoms with van der Waals surface area (Å²) in [6.45, 7) is 9.06. The van der Waals surface area contributed by atoms with E-state index >= 15 is 0 Å². The van der Waals surface area contributed by atoms with Crippen LogP contribution >= 0.6 is 0 Å². The summed E-state index contributed by atoms with van der Waals surface area (Å²) in [5.41, 5.74) is 3.06. The predicted octanol–water partition coefficient (Wildman–Crippen LogP) is 3.87. The lowest BCUT2D eigenvalue weighted by molar-refractivity contribution is 0.151. The number of sulfonamides is 1. The van der Waals surface area contributed by atoms with E-state index < -0.39 is 22.2 Å². The number of anilines is 1. The van der Waals surface area contributed by atoms with Crippen molar-refractivity contribution in [2.45, 2.75) is 36.8 Å². The third-order valence-electron chi connectivity index (χ3n) is 5.57.